The average Bonchev–Trinajstić information content (AvgIpc) is 2.75. The number of aromatic nitrogens is 3. The third-order valence-electron chi connectivity index (χ3n) is 2.36. The predicted octanol–water partition coefficient (Wildman–Crippen LogP) is 1.72. The van der Waals surface area contributed by atoms with Crippen molar-refractivity contribution in [2.24, 2.45) is 0 Å². The Balaban J connectivity index is 2.21. The number of sulfonamides is 1. The number of halogens is 1. The van der Waals surface area contributed by atoms with Crippen molar-refractivity contribution >= 4 is 33.0 Å². The molecule has 0 aromatic carbocycles. The molecule has 0 atom stereocenters. The molecule has 9 heteroatoms. The molecule has 2 heterocycles. The minimum absolute atomic E-state index is 0.00588. The van der Waals surface area contributed by atoms with Gasteiger partial charge in [0.1, 0.15) is 4.90 Å². The minimum Gasteiger partial charge on any atom is -0.245 e. The van der Waals surface area contributed by atoms with Crippen LogP contribution in [0.2, 0.25) is 5.28 Å². The quantitative estimate of drug-likeness (QED) is 0.802. The Labute approximate surface area is 120 Å². The normalized spacial score (nSPS) is 12.0. The Morgan fingerprint density at radius 1 is 1.37 bits per heavy atom. The fraction of sp³-hybridized carbons (Fsp3) is 0.300. The zero-order chi connectivity index (χ0) is 14.0. The highest BCUT2D eigenvalue weighted by Crippen LogP contribution is 2.17. The highest BCUT2D eigenvalue weighted by Gasteiger charge is 2.22. The van der Waals surface area contributed by atoms with Gasteiger partial charge < -0.3 is 0 Å². The fourth-order valence-corrected chi connectivity index (χ4v) is 3.14. The van der Waals surface area contributed by atoms with Crippen molar-refractivity contribution in [3.63, 3.8) is 0 Å². The Hall–Kier alpha value is -1.09. The van der Waals surface area contributed by atoms with E-state index >= 15 is 0 Å². The van der Waals surface area contributed by atoms with Crippen LogP contribution in [-0.2, 0) is 16.6 Å². The standard InChI is InChI=1S/C10H11ClN4O2S2/c1-7-14-8(6-18-7)5-15(2)19(16,17)9-3-12-10(11)13-4-9/h3-4,6H,5H2,1-2H3. The topological polar surface area (TPSA) is 76.1 Å². The number of hydrogen-bond acceptors (Lipinski definition) is 6. The summed E-state index contributed by atoms with van der Waals surface area (Å²) in [6, 6.07) is 0. The lowest BCUT2D eigenvalue weighted by molar-refractivity contribution is 0.462. The van der Waals surface area contributed by atoms with Crippen molar-refractivity contribution in [3.8, 4) is 0 Å². The lowest BCUT2D eigenvalue weighted by atomic mass is 10.5. The number of thiazole rings is 1. The number of hydrogen-bond donors (Lipinski definition) is 0. The second-order valence-electron chi connectivity index (χ2n) is 3.81. The van der Waals surface area contributed by atoms with E-state index in [4.69, 9.17) is 11.6 Å². The van der Waals surface area contributed by atoms with E-state index in [1.807, 2.05) is 12.3 Å². The van der Waals surface area contributed by atoms with Gasteiger partial charge in [-0.1, -0.05) is 0 Å². The van der Waals surface area contributed by atoms with E-state index < -0.39 is 10.0 Å². The minimum atomic E-state index is -3.63. The molecule has 0 saturated carbocycles. The summed E-state index contributed by atoms with van der Waals surface area (Å²) in [5.74, 6) is 0. The second kappa shape index (κ2) is 5.49. The zero-order valence-corrected chi connectivity index (χ0v) is 12.6. The second-order valence-corrected chi connectivity index (χ2v) is 7.25. The summed E-state index contributed by atoms with van der Waals surface area (Å²) in [7, 11) is -2.15. The molecule has 0 radical (unpaired) electrons. The van der Waals surface area contributed by atoms with E-state index in [9.17, 15) is 8.42 Å². The smallest absolute Gasteiger partial charge is 0.245 e. The van der Waals surface area contributed by atoms with Gasteiger partial charge in [0.15, 0.2) is 0 Å². The average molecular weight is 319 g/mol. The predicted molar refractivity (Wildman–Crippen MR) is 72.5 cm³/mol. The summed E-state index contributed by atoms with van der Waals surface area (Å²) in [5.41, 5.74) is 0.712. The number of rotatable bonds is 4. The van der Waals surface area contributed by atoms with Crippen molar-refractivity contribution in [1.29, 1.82) is 0 Å². The highest BCUT2D eigenvalue weighted by molar-refractivity contribution is 7.89. The lowest BCUT2D eigenvalue weighted by Crippen LogP contribution is -2.26. The molecule has 0 aliphatic heterocycles. The van der Waals surface area contributed by atoms with E-state index in [-0.39, 0.29) is 16.7 Å². The van der Waals surface area contributed by atoms with Crippen molar-refractivity contribution in [1.82, 2.24) is 19.3 Å². The molecular formula is C10H11ClN4O2S2. The van der Waals surface area contributed by atoms with E-state index in [1.165, 1.54) is 35.1 Å². The summed E-state index contributed by atoms with van der Waals surface area (Å²) in [6.45, 7) is 2.07. The Morgan fingerprint density at radius 2 is 2.00 bits per heavy atom. The van der Waals surface area contributed by atoms with Crippen molar-refractivity contribution in [2.45, 2.75) is 18.4 Å². The van der Waals surface area contributed by atoms with Crippen molar-refractivity contribution < 1.29 is 8.42 Å². The van der Waals surface area contributed by atoms with Gasteiger partial charge in [0.25, 0.3) is 0 Å². The highest BCUT2D eigenvalue weighted by atomic mass is 35.5. The summed E-state index contributed by atoms with van der Waals surface area (Å²) in [4.78, 5) is 11.6. The van der Waals surface area contributed by atoms with Gasteiger partial charge in [0.05, 0.1) is 29.6 Å². The molecule has 2 rings (SSSR count). The van der Waals surface area contributed by atoms with Gasteiger partial charge in [-0.25, -0.2) is 23.4 Å². The Kier molecular flexibility index (Phi) is 4.14. The maximum absolute atomic E-state index is 12.2. The van der Waals surface area contributed by atoms with Crippen molar-refractivity contribution in [2.75, 3.05) is 7.05 Å². The SMILES string of the molecule is Cc1nc(CN(C)S(=O)(=O)c2cnc(Cl)nc2)cs1. The molecule has 0 amide bonds. The third-order valence-corrected chi connectivity index (χ3v) is 5.13. The van der Waals surface area contributed by atoms with Crippen LogP contribution in [0.1, 0.15) is 10.7 Å². The molecule has 0 aliphatic carbocycles. The van der Waals surface area contributed by atoms with E-state index in [0.29, 0.717) is 5.69 Å². The molecule has 0 unspecified atom stereocenters. The Morgan fingerprint density at radius 3 is 2.53 bits per heavy atom. The van der Waals surface area contributed by atoms with E-state index in [2.05, 4.69) is 15.0 Å². The van der Waals surface area contributed by atoms with Crippen LogP contribution in [0.3, 0.4) is 0 Å². The molecule has 0 saturated heterocycles. The van der Waals surface area contributed by atoms with E-state index in [0.717, 1.165) is 5.01 Å². The molecule has 0 aliphatic rings. The van der Waals surface area contributed by atoms with Crippen LogP contribution in [0.15, 0.2) is 22.7 Å². The van der Waals surface area contributed by atoms with Crippen LogP contribution < -0.4 is 0 Å². The molecule has 19 heavy (non-hydrogen) atoms. The molecule has 102 valence electrons. The summed E-state index contributed by atoms with van der Waals surface area (Å²) in [6.07, 6.45) is 2.38. The van der Waals surface area contributed by atoms with Gasteiger partial charge in [0, 0.05) is 12.4 Å². The molecule has 2 aromatic heterocycles. The summed E-state index contributed by atoms with van der Waals surface area (Å²) in [5, 5.41) is 2.74. The summed E-state index contributed by atoms with van der Waals surface area (Å²) >= 11 is 7.01. The first-order chi connectivity index (χ1) is 8.89. The Bertz CT molecular complexity index is 669. The van der Waals surface area contributed by atoms with Gasteiger partial charge in [-0.15, -0.1) is 11.3 Å². The molecule has 0 spiro atoms. The van der Waals surface area contributed by atoms with Gasteiger partial charge in [-0.05, 0) is 18.5 Å². The molecule has 2 aromatic rings. The van der Waals surface area contributed by atoms with Gasteiger partial charge >= 0.3 is 0 Å². The number of aryl methyl sites for hydroxylation is 1. The lowest BCUT2D eigenvalue weighted by Gasteiger charge is -2.15. The zero-order valence-electron chi connectivity index (χ0n) is 10.2. The van der Waals surface area contributed by atoms with Crippen LogP contribution in [0.25, 0.3) is 0 Å². The molecule has 0 bridgehead atoms. The van der Waals surface area contributed by atoms with Gasteiger partial charge in [-0.2, -0.15) is 4.31 Å². The monoisotopic (exact) mass is 318 g/mol. The van der Waals surface area contributed by atoms with E-state index in [1.54, 1.807) is 0 Å². The first kappa shape index (κ1) is 14.3. The number of nitrogens with zero attached hydrogens (tertiary/aromatic N) is 4. The van der Waals surface area contributed by atoms with Crippen LogP contribution in [0, 0.1) is 6.92 Å². The van der Waals surface area contributed by atoms with Crippen LogP contribution >= 0.6 is 22.9 Å². The first-order valence-corrected chi connectivity index (χ1v) is 7.94. The third kappa shape index (κ3) is 3.27. The van der Waals surface area contributed by atoms with Crippen LogP contribution in [0.4, 0.5) is 0 Å². The maximum Gasteiger partial charge on any atom is 0.246 e. The van der Waals surface area contributed by atoms with Gasteiger partial charge in [-0.3, -0.25) is 0 Å². The summed E-state index contributed by atoms with van der Waals surface area (Å²) < 4.78 is 25.7. The molecule has 0 fully saturated rings. The maximum atomic E-state index is 12.2. The molecule has 6 nitrogen and oxygen atoms in total. The fourth-order valence-electron chi connectivity index (χ4n) is 1.41. The molecular weight excluding hydrogens is 308 g/mol. The van der Waals surface area contributed by atoms with Crippen molar-refractivity contribution in [3.05, 3.63) is 33.8 Å². The molecule has 0 N–H and O–H groups in total. The first-order valence-electron chi connectivity index (χ1n) is 5.24. The van der Waals surface area contributed by atoms with Gasteiger partial charge in [0.2, 0.25) is 15.3 Å². The van der Waals surface area contributed by atoms with Crippen LogP contribution in [0.5, 0.6) is 0 Å². The largest absolute Gasteiger partial charge is 0.246 e. The van der Waals surface area contributed by atoms with Crippen LogP contribution in [-0.4, -0.2) is 34.7 Å².